The number of carboxylic acids is 1. The number of carboxylic acid groups (broad SMARTS) is 1. The maximum Gasteiger partial charge on any atom is 0.416 e. The average molecular weight is 290 g/mol. The van der Waals surface area contributed by atoms with Gasteiger partial charge in [-0.15, -0.1) is 0 Å². The van der Waals surface area contributed by atoms with E-state index in [9.17, 15) is 18.0 Å². The predicted octanol–water partition coefficient (Wildman–Crippen LogP) is 4.22. The molecule has 1 N–H and O–H groups in total. The summed E-state index contributed by atoms with van der Waals surface area (Å²) in [6.45, 7) is 4.23. The topological polar surface area (TPSA) is 46.5 Å². The summed E-state index contributed by atoms with van der Waals surface area (Å²) in [5.74, 6) is -1.26. The molecule has 0 aliphatic heterocycles. The van der Waals surface area contributed by atoms with E-state index < -0.39 is 23.3 Å². The zero-order valence-electron chi connectivity index (χ0n) is 11.3. The molecule has 3 nitrogen and oxygen atoms in total. The van der Waals surface area contributed by atoms with Gasteiger partial charge >= 0.3 is 12.1 Å². The van der Waals surface area contributed by atoms with Crippen molar-refractivity contribution in [2.75, 3.05) is 6.61 Å². The van der Waals surface area contributed by atoms with Crippen molar-refractivity contribution in [2.24, 2.45) is 5.92 Å². The molecule has 1 aromatic rings. The third kappa shape index (κ3) is 4.43. The zero-order valence-corrected chi connectivity index (χ0v) is 11.3. The van der Waals surface area contributed by atoms with Gasteiger partial charge in [0.1, 0.15) is 11.3 Å². The number of carbonyl (C=O) groups is 1. The number of rotatable bonds is 6. The molecule has 0 aliphatic rings. The molecule has 0 amide bonds. The highest BCUT2D eigenvalue weighted by atomic mass is 19.4. The van der Waals surface area contributed by atoms with Gasteiger partial charge in [-0.25, -0.2) is 4.79 Å². The lowest BCUT2D eigenvalue weighted by Gasteiger charge is -2.15. The molecule has 0 saturated heterocycles. The molecule has 1 unspecified atom stereocenters. The van der Waals surface area contributed by atoms with Crippen LogP contribution in [0.3, 0.4) is 0 Å². The van der Waals surface area contributed by atoms with Crippen molar-refractivity contribution in [3.63, 3.8) is 0 Å². The van der Waals surface area contributed by atoms with Gasteiger partial charge in [0.15, 0.2) is 0 Å². The smallest absolute Gasteiger partial charge is 0.416 e. The van der Waals surface area contributed by atoms with Gasteiger partial charge in [-0.3, -0.25) is 0 Å². The first-order valence-corrected chi connectivity index (χ1v) is 6.33. The summed E-state index contributed by atoms with van der Waals surface area (Å²) in [5, 5.41) is 8.98. The van der Waals surface area contributed by atoms with Gasteiger partial charge in [0.25, 0.3) is 0 Å². The van der Waals surface area contributed by atoms with Gasteiger partial charge in [0.05, 0.1) is 12.2 Å². The first-order chi connectivity index (χ1) is 9.25. The van der Waals surface area contributed by atoms with Crippen molar-refractivity contribution in [2.45, 2.75) is 32.9 Å². The Bertz CT molecular complexity index is 469. The highest BCUT2D eigenvalue weighted by Gasteiger charge is 2.32. The Morgan fingerprint density at radius 3 is 2.55 bits per heavy atom. The molecule has 0 saturated carbocycles. The van der Waals surface area contributed by atoms with Gasteiger partial charge in [-0.2, -0.15) is 13.2 Å². The number of hydrogen-bond acceptors (Lipinski definition) is 2. The van der Waals surface area contributed by atoms with Gasteiger partial charge in [-0.05, 0) is 30.5 Å². The van der Waals surface area contributed by atoms with Gasteiger partial charge in [0, 0.05) is 0 Å². The number of hydrogen-bond donors (Lipinski definition) is 1. The molecule has 0 radical (unpaired) electrons. The molecule has 0 spiro atoms. The number of halogens is 3. The SMILES string of the molecule is CCCC(C)COc1ccc(C(F)(F)F)cc1C(=O)O. The van der Waals surface area contributed by atoms with Crippen LogP contribution < -0.4 is 4.74 Å². The molecule has 0 bridgehead atoms. The van der Waals surface area contributed by atoms with E-state index in [-0.39, 0.29) is 18.3 Å². The maximum absolute atomic E-state index is 12.5. The summed E-state index contributed by atoms with van der Waals surface area (Å²) in [5.41, 5.74) is -1.47. The second-order valence-corrected chi connectivity index (χ2v) is 4.72. The van der Waals surface area contributed by atoms with E-state index in [0.717, 1.165) is 25.0 Å². The largest absolute Gasteiger partial charge is 0.492 e. The molecule has 1 atom stereocenters. The normalized spacial score (nSPS) is 13.1. The molecule has 0 aromatic heterocycles. The third-order valence-corrected chi connectivity index (χ3v) is 2.84. The molecule has 6 heteroatoms. The Labute approximate surface area is 115 Å². The van der Waals surface area contributed by atoms with Crippen molar-refractivity contribution in [1.29, 1.82) is 0 Å². The monoisotopic (exact) mass is 290 g/mol. The van der Waals surface area contributed by atoms with Crippen molar-refractivity contribution in [3.05, 3.63) is 29.3 Å². The van der Waals surface area contributed by atoms with Crippen molar-refractivity contribution in [3.8, 4) is 5.75 Å². The second kappa shape index (κ2) is 6.63. The Hall–Kier alpha value is -1.72. The summed E-state index contributed by atoms with van der Waals surface area (Å²) in [6, 6.07) is 2.49. The zero-order chi connectivity index (χ0) is 15.3. The summed E-state index contributed by atoms with van der Waals surface area (Å²) in [7, 11) is 0. The molecule has 1 aromatic carbocycles. The van der Waals surface area contributed by atoms with Crippen LogP contribution in [0.5, 0.6) is 5.75 Å². The minimum Gasteiger partial charge on any atom is -0.492 e. The molecule has 112 valence electrons. The van der Waals surface area contributed by atoms with E-state index in [1.807, 2.05) is 13.8 Å². The van der Waals surface area contributed by atoms with Crippen LogP contribution in [0, 0.1) is 5.92 Å². The fourth-order valence-corrected chi connectivity index (χ4v) is 1.81. The van der Waals surface area contributed by atoms with Crippen LogP contribution in [-0.2, 0) is 6.18 Å². The minimum atomic E-state index is -4.57. The quantitative estimate of drug-likeness (QED) is 0.853. The van der Waals surface area contributed by atoms with Crippen LogP contribution in [0.2, 0.25) is 0 Å². The Kier molecular flexibility index (Phi) is 5.42. The highest BCUT2D eigenvalue weighted by molar-refractivity contribution is 5.91. The Morgan fingerprint density at radius 2 is 2.05 bits per heavy atom. The predicted molar refractivity (Wildman–Crippen MR) is 68.0 cm³/mol. The highest BCUT2D eigenvalue weighted by Crippen LogP contribution is 2.32. The van der Waals surface area contributed by atoms with Gasteiger partial charge in [-0.1, -0.05) is 20.3 Å². The minimum absolute atomic E-state index is 0.0338. The van der Waals surface area contributed by atoms with E-state index in [0.29, 0.717) is 6.07 Å². The maximum atomic E-state index is 12.5. The fraction of sp³-hybridized carbons (Fsp3) is 0.500. The van der Waals surface area contributed by atoms with Crippen LogP contribution in [0.25, 0.3) is 0 Å². The molecule has 0 aliphatic carbocycles. The summed E-state index contributed by atoms with van der Waals surface area (Å²) in [4.78, 5) is 11.0. The van der Waals surface area contributed by atoms with Crippen LogP contribution in [0.4, 0.5) is 13.2 Å². The van der Waals surface area contributed by atoms with Crippen LogP contribution in [-0.4, -0.2) is 17.7 Å². The number of aromatic carboxylic acids is 1. The Balaban J connectivity index is 2.94. The van der Waals surface area contributed by atoms with Gasteiger partial charge < -0.3 is 9.84 Å². The summed E-state index contributed by atoms with van der Waals surface area (Å²) >= 11 is 0. The third-order valence-electron chi connectivity index (χ3n) is 2.84. The van der Waals surface area contributed by atoms with Crippen molar-refractivity contribution >= 4 is 5.97 Å². The molecule has 0 heterocycles. The molecule has 20 heavy (non-hydrogen) atoms. The van der Waals surface area contributed by atoms with E-state index in [2.05, 4.69) is 0 Å². The van der Waals surface area contributed by atoms with E-state index in [4.69, 9.17) is 9.84 Å². The van der Waals surface area contributed by atoms with Crippen LogP contribution in [0.15, 0.2) is 18.2 Å². The Morgan fingerprint density at radius 1 is 1.40 bits per heavy atom. The second-order valence-electron chi connectivity index (χ2n) is 4.72. The molecular weight excluding hydrogens is 273 g/mol. The van der Waals surface area contributed by atoms with Crippen LogP contribution >= 0.6 is 0 Å². The number of ether oxygens (including phenoxy) is 1. The average Bonchev–Trinajstić information content (AvgIpc) is 2.35. The van der Waals surface area contributed by atoms with Crippen molar-refractivity contribution in [1.82, 2.24) is 0 Å². The lowest BCUT2D eigenvalue weighted by molar-refractivity contribution is -0.137. The lowest BCUT2D eigenvalue weighted by atomic mass is 10.1. The molecule has 0 fully saturated rings. The van der Waals surface area contributed by atoms with Gasteiger partial charge in [0.2, 0.25) is 0 Å². The summed E-state index contributed by atoms with van der Waals surface area (Å²) in [6.07, 6.45) is -2.70. The molecule has 1 rings (SSSR count). The van der Waals surface area contributed by atoms with Crippen molar-refractivity contribution < 1.29 is 27.8 Å². The van der Waals surface area contributed by atoms with Crippen LogP contribution in [0.1, 0.15) is 42.6 Å². The number of alkyl halides is 3. The van der Waals surface area contributed by atoms with E-state index in [1.54, 1.807) is 0 Å². The van der Waals surface area contributed by atoms with E-state index in [1.165, 1.54) is 0 Å². The first kappa shape index (κ1) is 16.3. The lowest BCUT2D eigenvalue weighted by Crippen LogP contribution is -2.13. The fourth-order valence-electron chi connectivity index (χ4n) is 1.81. The first-order valence-electron chi connectivity index (χ1n) is 6.33. The number of benzene rings is 1. The van der Waals surface area contributed by atoms with E-state index >= 15 is 0 Å². The standard InChI is InChI=1S/C14H17F3O3/c1-3-4-9(2)8-20-12-6-5-10(14(15,16)17)7-11(12)13(18)19/h5-7,9H,3-4,8H2,1-2H3,(H,18,19). The summed E-state index contributed by atoms with van der Waals surface area (Å²) < 4.78 is 43.0. The molecular formula is C14H17F3O3.